The predicted octanol–water partition coefficient (Wildman–Crippen LogP) is 4.06. The van der Waals surface area contributed by atoms with E-state index < -0.39 is 22.0 Å². The third-order valence-corrected chi connectivity index (χ3v) is 5.78. The van der Waals surface area contributed by atoms with Crippen molar-refractivity contribution in [1.29, 1.82) is 0 Å². The van der Waals surface area contributed by atoms with E-state index in [1.165, 1.54) is 0 Å². The van der Waals surface area contributed by atoms with Gasteiger partial charge in [0.2, 0.25) is 0 Å². The molecule has 0 amide bonds. The molecule has 0 fully saturated rings. The average Bonchev–Trinajstić information content (AvgIpc) is 2.55. The van der Waals surface area contributed by atoms with Crippen LogP contribution in [0, 0.1) is 0 Å². The van der Waals surface area contributed by atoms with Crippen LogP contribution in [0.15, 0.2) is 55.3 Å². The number of halogens is 2. The first-order valence-electron chi connectivity index (χ1n) is 6.90. The van der Waals surface area contributed by atoms with Crippen LogP contribution in [0.4, 0.5) is 0 Å². The van der Waals surface area contributed by atoms with Gasteiger partial charge in [-0.3, -0.25) is 0 Å². The molecule has 1 aliphatic rings. The number of benzene rings is 2. The second kappa shape index (κ2) is 8.30. The zero-order chi connectivity index (χ0) is 16.1. The van der Waals surface area contributed by atoms with Crippen LogP contribution in [0.3, 0.4) is 0 Å². The van der Waals surface area contributed by atoms with Gasteiger partial charge in [-0.25, -0.2) is 0 Å². The monoisotopic (exact) mass is 542 g/mol. The van der Waals surface area contributed by atoms with Crippen LogP contribution in [0.25, 0.3) is 0 Å². The normalized spacial score (nSPS) is 14.3. The maximum atomic E-state index is 5.92. The molecule has 116 valence electrons. The van der Waals surface area contributed by atoms with Crippen LogP contribution in [0.5, 0.6) is 11.5 Å². The molecule has 0 N–H and O–H groups in total. The first-order valence-corrected chi connectivity index (χ1v) is 10.8. The van der Waals surface area contributed by atoms with Gasteiger partial charge in [0.1, 0.15) is 0 Å². The minimum absolute atomic E-state index is 0.632. The van der Waals surface area contributed by atoms with Crippen molar-refractivity contribution < 1.29 is 6.15 Å². The second-order valence-corrected chi connectivity index (χ2v) is 8.19. The Morgan fingerprint density at radius 1 is 0.783 bits per heavy atom. The number of nitrogens with zero attached hydrogens (tertiary/aromatic N) is 2. The quantitative estimate of drug-likeness (QED) is 0.472. The fourth-order valence-corrected chi connectivity index (χ4v) is 4.43. The predicted molar refractivity (Wildman–Crippen MR) is 100 cm³/mol. The van der Waals surface area contributed by atoms with Gasteiger partial charge in [0.25, 0.3) is 0 Å². The van der Waals surface area contributed by atoms with Crippen LogP contribution in [0.1, 0.15) is 11.1 Å². The molecule has 3 rings (SSSR count). The summed E-state index contributed by atoms with van der Waals surface area (Å²) in [4.78, 5) is 8.84. The van der Waals surface area contributed by atoms with E-state index in [1.807, 2.05) is 48.8 Å². The molecule has 23 heavy (non-hydrogen) atoms. The topological polar surface area (TPSA) is 43.2 Å². The summed E-state index contributed by atoms with van der Waals surface area (Å²) in [6.45, 7) is 1.26. The molecule has 0 spiro atoms. The van der Waals surface area contributed by atoms with E-state index in [2.05, 4.69) is 41.8 Å². The van der Waals surface area contributed by atoms with E-state index in [0.29, 0.717) is 13.1 Å². The summed E-state index contributed by atoms with van der Waals surface area (Å²) in [5.41, 5.74) is 1.89. The van der Waals surface area contributed by atoms with Gasteiger partial charge < -0.3 is 0 Å². The van der Waals surface area contributed by atoms with Gasteiger partial charge in [0.15, 0.2) is 0 Å². The Bertz CT molecular complexity index is 702. The summed E-state index contributed by atoms with van der Waals surface area (Å²) in [5, 5.41) is 0. The first kappa shape index (κ1) is 17.0. The zero-order valence-electron chi connectivity index (χ0n) is 12.0. The van der Waals surface area contributed by atoms with Crippen molar-refractivity contribution in [2.24, 2.45) is 9.98 Å². The summed E-state index contributed by atoms with van der Waals surface area (Å²) < 4.78 is 13.8. The molecule has 0 aromatic heterocycles. The Labute approximate surface area is 162 Å². The van der Waals surface area contributed by atoms with Crippen molar-refractivity contribution in [1.82, 2.24) is 0 Å². The Morgan fingerprint density at radius 3 is 1.74 bits per heavy atom. The van der Waals surface area contributed by atoms with Gasteiger partial charge in [-0.2, -0.15) is 0 Å². The van der Waals surface area contributed by atoms with E-state index in [0.717, 1.165) is 31.6 Å². The molecule has 1 heterocycles. The van der Waals surface area contributed by atoms with E-state index in [1.54, 1.807) is 0 Å². The van der Waals surface area contributed by atoms with E-state index in [9.17, 15) is 0 Å². The van der Waals surface area contributed by atoms with E-state index >= 15 is 0 Å². The van der Waals surface area contributed by atoms with Crippen molar-refractivity contribution >= 4 is 66.3 Å². The average molecular weight is 543 g/mol. The van der Waals surface area contributed by atoms with Crippen molar-refractivity contribution in [2.45, 2.75) is 0 Å². The van der Waals surface area contributed by atoms with Crippen molar-refractivity contribution in [3.8, 4) is 11.5 Å². The third-order valence-electron chi connectivity index (χ3n) is 3.07. The summed E-state index contributed by atoms with van der Waals surface area (Å²) >= 11 is 5.43. The summed E-state index contributed by atoms with van der Waals surface area (Å²) in [6.07, 6.45) is 3.66. The molecule has 0 saturated carbocycles. The Kier molecular flexibility index (Phi) is 6.13. The molecule has 0 atom stereocenters. The zero-order valence-corrected chi connectivity index (χ0v) is 18.0. The van der Waals surface area contributed by atoms with E-state index in [-0.39, 0.29) is 0 Å². The van der Waals surface area contributed by atoms with Crippen LogP contribution in [-0.2, 0) is 0 Å². The third kappa shape index (κ3) is 4.81. The van der Waals surface area contributed by atoms with Crippen molar-refractivity contribution in [2.75, 3.05) is 13.1 Å². The van der Waals surface area contributed by atoms with Gasteiger partial charge in [-0.15, -0.1) is 0 Å². The minimum atomic E-state index is -1.52. The van der Waals surface area contributed by atoms with Crippen molar-refractivity contribution in [3.05, 3.63) is 56.5 Å². The molecule has 0 saturated heterocycles. The number of hydrogen-bond donors (Lipinski definition) is 0. The standard InChI is InChI=1S/C16H14Br2N2O2.Sn/c17-13-1-3-15(21)11(7-13)9-19-5-6-20-10-12-8-14(18)2-4-16(12)22;/h1-4,7-10,21-22H,5-6H2;/q;+2/p-2. The molecule has 2 radical (unpaired) electrons. The Balaban J connectivity index is 1.89. The fraction of sp³-hybridized carbons (Fsp3) is 0.125. The van der Waals surface area contributed by atoms with Gasteiger partial charge in [-0.1, -0.05) is 0 Å². The SMILES string of the molecule is Brc1ccc2c(c1)C=NCCN=Cc1cc(Br)ccc1[O][Sn][O]2. The number of fused-ring (bicyclic) bond motifs is 2. The van der Waals surface area contributed by atoms with Gasteiger partial charge >= 0.3 is 163 Å². The fourth-order valence-electron chi connectivity index (χ4n) is 1.98. The second-order valence-electron chi connectivity index (χ2n) is 4.72. The van der Waals surface area contributed by atoms with E-state index in [4.69, 9.17) is 6.15 Å². The Hall–Kier alpha value is -0.861. The molecular weight excluding hydrogens is 531 g/mol. The summed E-state index contributed by atoms with van der Waals surface area (Å²) in [5.74, 6) is 1.62. The maximum absolute atomic E-state index is 5.92. The van der Waals surface area contributed by atoms with Crippen LogP contribution >= 0.6 is 31.9 Å². The van der Waals surface area contributed by atoms with Gasteiger partial charge in [0, 0.05) is 0 Å². The Morgan fingerprint density at radius 2 is 1.26 bits per heavy atom. The number of rotatable bonds is 0. The van der Waals surface area contributed by atoms with Crippen LogP contribution < -0.4 is 6.15 Å². The molecule has 0 aliphatic carbocycles. The van der Waals surface area contributed by atoms with Crippen LogP contribution in [0.2, 0.25) is 0 Å². The van der Waals surface area contributed by atoms with Crippen LogP contribution in [-0.4, -0.2) is 47.5 Å². The molecule has 0 bridgehead atoms. The number of hydrogen-bond acceptors (Lipinski definition) is 4. The van der Waals surface area contributed by atoms with Crippen molar-refractivity contribution in [3.63, 3.8) is 0 Å². The molecule has 1 aliphatic heterocycles. The molecule has 2 aromatic carbocycles. The van der Waals surface area contributed by atoms with Gasteiger partial charge in [0.05, 0.1) is 0 Å². The molecule has 7 heteroatoms. The molecule has 2 aromatic rings. The van der Waals surface area contributed by atoms with Gasteiger partial charge in [-0.05, 0) is 0 Å². The summed E-state index contributed by atoms with van der Waals surface area (Å²) in [6, 6.07) is 11.8. The number of aliphatic imine (C=N–C) groups is 2. The summed E-state index contributed by atoms with van der Waals surface area (Å²) in [7, 11) is 0. The first-order chi connectivity index (χ1) is 11.2. The molecular formula is C16H12Br2N2O2Sn. The molecule has 4 nitrogen and oxygen atoms in total. The molecule has 0 unspecified atom stereocenters.